The Morgan fingerprint density at radius 1 is 1.43 bits per heavy atom. The Morgan fingerprint density at radius 2 is 2.29 bits per heavy atom. The van der Waals surface area contributed by atoms with Gasteiger partial charge in [0.15, 0.2) is 0 Å². The number of aromatic nitrogens is 3. The molecular formula is C10H16N4. The van der Waals surface area contributed by atoms with E-state index in [2.05, 4.69) is 22.0 Å². The number of hydrogen-bond donors (Lipinski definition) is 0. The van der Waals surface area contributed by atoms with E-state index in [0.717, 1.165) is 32.1 Å². The number of aliphatic imine (C=N–C) groups is 1. The zero-order valence-electron chi connectivity index (χ0n) is 8.61. The average Bonchev–Trinajstić information content (AvgIpc) is 2.47. The molecule has 76 valence electrons. The third-order valence-corrected chi connectivity index (χ3v) is 2.95. The Kier molecular flexibility index (Phi) is 2.61. The molecule has 0 saturated carbocycles. The first-order chi connectivity index (χ1) is 6.81. The molecule has 0 saturated heterocycles. The lowest BCUT2D eigenvalue weighted by Crippen LogP contribution is -2.12. The first-order valence-corrected chi connectivity index (χ1v) is 5.14. The van der Waals surface area contributed by atoms with Crippen molar-refractivity contribution in [1.29, 1.82) is 0 Å². The molecule has 0 bridgehead atoms. The number of aryl methyl sites for hydroxylation is 2. The number of rotatable bonds is 1. The molecule has 1 aromatic heterocycles. The summed E-state index contributed by atoms with van der Waals surface area (Å²) in [7, 11) is 1.96. The minimum Gasteiger partial charge on any atom is -0.298 e. The molecule has 2 rings (SSSR count). The molecule has 0 aromatic carbocycles. The fourth-order valence-corrected chi connectivity index (χ4v) is 2.06. The van der Waals surface area contributed by atoms with Crippen LogP contribution in [0.3, 0.4) is 0 Å². The lowest BCUT2D eigenvalue weighted by Gasteiger charge is -2.15. The van der Waals surface area contributed by atoms with Gasteiger partial charge in [0.25, 0.3) is 0 Å². The molecule has 0 radical (unpaired) electrons. The van der Waals surface area contributed by atoms with Crippen LogP contribution in [0.2, 0.25) is 0 Å². The lowest BCUT2D eigenvalue weighted by atomic mass is 9.97. The van der Waals surface area contributed by atoms with Crippen LogP contribution in [0.5, 0.6) is 0 Å². The number of hydrogen-bond acceptors (Lipinski definition) is 3. The van der Waals surface area contributed by atoms with Gasteiger partial charge in [0.1, 0.15) is 0 Å². The van der Waals surface area contributed by atoms with Crippen molar-refractivity contribution in [1.82, 2.24) is 15.0 Å². The van der Waals surface area contributed by atoms with E-state index in [1.807, 2.05) is 11.7 Å². The SMILES string of the molecule is C=NC1CCCc2nnn(C)c2CC1. The summed E-state index contributed by atoms with van der Waals surface area (Å²) >= 11 is 0. The molecule has 1 aliphatic carbocycles. The third kappa shape index (κ3) is 1.69. The Morgan fingerprint density at radius 3 is 3.07 bits per heavy atom. The van der Waals surface area contributed by atoms with Gasteiger partial charge in [-0.2, -0.15) is 0 Å². The summed E-state index contributed by atoms with van der Waals surface area (Å²) in [6.07, 6.45) is 5.43. The molecule has 1 heterocycles. The van der Waals surface area contributed by atoms with Gasteiger partial charge < -0.3 is 0 Å². The molecule has 0 aliphatic heterocycles. The Bertz CT molecular complexity index is 329. The van der Waals surface area contributed by atoms with Gasteiger partial charge in [0.2, 0.25) is 0 Å². The van der Waals surface area contributed by atoms with Gasteiger partial charge in [-0.05, 0) is 38.8 Å². The lowest BCUT2D eigenvalue weighted by molar-refractivity contribution is 0.522. The van der Waals surface area contributed by atoms with Gasteiger partial charge in [-0.3, -0.25) is 9.67 Å². The molecule has 0 spiro atoms. The van der Waals surface area contributed by atoms with Gasteiger partial charge in [0, 0.05) is 13.1 Å². The van der Waals surface area contributed by atoms with Gasteiger partial charge in [-0.1, -0.05) is 5.21 Å². The van der Waals surface area contributed by atoms with Gasteiger partial charge in [0.05, 0.1) is 11.4 Å². The minimum absolute atomic E-state index is 0.429. The highest BCUT2D eigenvalue weighted by Gasteiger charge is 2.16. The van der Waals surface area contributed by atoms with Crippen molar-refractivity contribution >= 4 is 6.72 Å². The summed E-state index contributed by atoms with van der Waals surface area (Å²) in [4.78, 5) is 4.14. The summed E-state index contributed by atoms with van der Waals surface area (Å²) in [5.41, 5.74) is 2.45. The average molecular weight is 192 g/mol. The molecule has 0 amide bonds. The molecule has 1 aromatic rings. The van der Waals surface area contributed by atoms with E-state index in [0.29, 0.717) is 6.04 Å². The normalized spacial score (nSPS) is 22.2. The molecule has 4 heteroatoms. The smallest absolute Gasteiger partial charge is 0.0859 e. The van der Waals surface area contributed by atoms with Crippen LogP contribution in [-0.2, 0) is 19.9 Å². The van der Waals surface area contributed by atoms with Crippen molar-refractivity contribution < 1.29 is 0 Å². The molecule has 1 unspecified atom stereocenters. The van der Waals surface area contributed by atoms with E-state index in [1.165, 1.54) is 11.4 Å². The highest BCUT2D eigenvalue weighted by atomic mass is 15.4. The largest absolute Gasteiger partial charge is 0.298 e. The Hall–Kier alpha value is -1.19. The van der Waals surface area contributed by atoms with Crippen molar-refractivity contribution in [3.05, 3.63) is 11.4 Å². The molecule has 0 N–H and O–H groups in total. The summed E-state index contributed by atoms with van der Waals surface area (Å²) in [5.74, 6) is 0. The number of fused-ring (bicyclic) bond motifs is 1. The molecular weight excluding hydrogens is 176 g/mol. The van der Waals surface area contributed by atoms with Crippen molar-refractivity contribution in [2.75, 3.05) is 0 Å². The second kappa shape index (κ2) is 3.90. The van der Waals surface area contributed by atoms with Crippen LogP contribution in [-0.4, -0.2) is 27.8 Å². The third-order valence-electron chi connectivity index (χ3n) is 2.95. The summed E-state index contributed by atoms with van der Waals surface area (Å²) in [5, 5.41) is 8.23. The quantitative estimate of drug-likeness (QED) is 0.626. The zero-order chi connectivity index (χ0) is 9.97. The first kappa shape index (κ1) is 9.37. The van der Waals surface area contributed by atoms with E-state index < -0.39 is 0 Å². The Labute approximate surface area is 84.0 Å². The van der Waals surface area contributed by atoms with Crippen molar-refractivity contribution in [2.45, 2.75) is 38.1 Å². The predicted octanol–water partition coefficient (Wildman–Crippen LogP) is 1.15. The first-order valence-electron chi connectivity index (χ1n) is 5.14. The predicted molar refractivity (Wildman–Crippen MR) is 55.6 cm³/mol. The van der Waals surface area contributed by atoms with Crippen LogP contribution in [0.25, 0.3) is 0 Å². The van der Waals surface area contributed by atoms with Gasteiger partial charge in [-0.15, -0.1) is 5.10 Å². The maximum absolute atomic E-state index is 4.18. The van der Waals surface area contributed by atoms with E-state index >= 15 is 0 Å². The van der Waals surface area contributed by atoms with Crippen molar-refractivity contribution in [2.24, 2.45) is 12.0 Å². The van der Waals surface area contributed by atoms with Crippen LogP contribution in [0.15, 0.2) is 4.99 Å². The standard InChI is InChI=1S/C10H16N4/c1-11-8-4-3-5-9-10(7-6-8)14(2)13-12-9/h8H,1,3-7H2,2H3. The van der Waals surface area contributed by atoms with Crippen LogP contribution >= 0.6 is 0 Å². The summed E-state index contributed by atoms with van der Waals surface area (Å²) < 4.78 is 1.89. The van der Waals surface area contributed by atoms with Gasteiger partial charge >= 0.3 is 0 Å². The minimum atomic E-state index is 0.429. The monoisotopic (exact) mass is 192 g/mol. The van der Waals surface area contributed by atoms with Crippen molar-refractivity contribution in [3.8, 4) is 0 Å². The second-order valence-corrected chi connectivity index (χ2v) is 3.87. The number of nitrogens with zero attached hydrogens (tertiary/aromatic N) is 4. The van der Waals surface area contributed by atoms with E-state index in [1.54, 1.807) is 0 Å². The fraction of sp³-hybridized carbons (Fsp3) is 0.700. The summed E-state index contributed by atoms with van der Waals surface area (Å²) in [6, 6.07) is 0.429. The van der Waals surface area contributed by atoms with Crippen molar-refractivity contribution in [3.63, 3.8) is 0 Å². The molecule has 1 atom stereocenters. The topological polar surface area (TPSA) is 43.1 Å². The molecule has 1 aliphatic rings. The second-order valence-electron chi connectivity index (χ2n) is 3.87. The fourth-order valence-electron chi connectivity index (χ4n) is 2.06. The molecule has 14 heavy (non-hydrogen) atoms. The van der Waals surface area contributed by atoms with Crippen LogP contribution in [0, 0.1) is 0 Å². The van der Waals surface area contributed by atoms with E-state index in [4.69, 9.17) is 0 Å². The maximum atomic E-state index is 4.18. The van der Waals surface area contributed by atoms with Crippen LogP contribution in [0.4, 0.5) is 0 Å². The zero-order valence-corrected chi connectivity index (χ0v) is 8.61. The van der Waals surface area contributed by atoms with E-state index in [9.17, 15) is 0 Å². The van der Waals surface area contributed by atoms with Gasteiger partial charge in [-0.25, -0.2) is 0 Å². The van der Waals surface area contributed by atoms with Crippen LogP contribution in [0.1, 0.15) is 30.7 Å². The highest BCUT2D eigenvalue weighted by Crippen LogP contribution is 2.19. The Balaban J connectivity index is 2.18. The van der Waals surface area contributed by atoms with E-state index in [-0.39, 0.29) is 0 Å². The summed E-state index contributed by atoms with van der Waals surface area (Å²) in [6.45, 7) is 3.63. The van der Waals surface area contributed by atoms with Crippen LogP contribution < -0.4 is 0 Å². The molecule has 0 fully saturated rings. The maximum Gasteiger partial charge on any atom is 0.0859 e. The molecule has 4 nitrogen and oxygen atoms in total. The highest BCUT2D eigenvalue weighted by molar-refractivity contribution is 5.24.